The lowest BCUT2D eigenvalue weighted by Gasteiger charge is -2.02. The van der Waals surface area contributed by atoms with Crippen LogP contribution < -0.4 is 0 Å². The van der Waals surface area contributed by atoms with Crippen LogP contribution in [0.5, 0.6) is 5.75 Å². The third-order valence-corrected chi connectivity index (χ3v) is 4.74. The van der Waals surface area contributed by atoms with Gasteiger partial charge in [0.05, 0.1) is 5.69 Å². The molecule has 0 spiro atoms. The Morgan fingerprint density at radius 3 is 2.44 bits per heavy atom. The summed E-state index contributed by atoms with van der Waals surface area (Å²) in [5.74, 6) is 0.858. The fourth-order valence-electron chi connectivity index (χ4n) is 2.92. The minimum absolute atomic E-state index is 0.259. The number of aryl methyl sites for hydroxylation is 3. The summed E-state index contributed by atoms with van der Waals surface area (Å²) in [5, 5.41) is 10.1. The first-order valence-electron chi connectivity index (χ1n) is 8.82. The smallest absolute Gasteiger partial charge is 0.227 e. The highest BCUT2D eigenvalue weighted by molar-refractivity contribution is 5.86. The zero-order chi connectivity index (χ0) is 19.0. The number of aromatic hydroxyl groups is 1. The van der Waals surface area contributed by atoms with Crippen LogP contribution in [-0.2, 0) is 0 Å². The summed E-state index contributed by atoms with van der Waals surface area (Å²) in [7, 11) is 0. The second-order valence-electron chi connectivity index (χ2n) is 6.74. The first-order chi connectivity index (χ1) is 13.0. The van der Waals surface area contributed by atoms with E-state index < -0.39 is 0 Å². The predicted octanol–water partition coefficient (Wildman–Crippen LogP) is 5.88. The van der Waals surface area contributed by atoms with Gasteiger partial charge < -0.3 is 9.52 Å². The maximum Gasteiger partial charge on any atom is 0.227 e. The van der Waals surface area contributed by atoms with Crippen molar-refractivity contribution in [3.63, 3.8) is 0 Å². The molecule has 0 aliphatic rings. The molecular formula is C23H20N2O2. The highest BCUT2D eigenvalue weighted by Gasteiger charge is 2.09. The summed E-state index contributed by atoms with van der Waals surface area (Å²) >= 11 is 0. The summed E-state index contributed by atoms with van der Waals surface area (Å²) in [6, 6.07) is 17.4. The Morgan fingerprint density at radius 2 is 1.67 bits per heavy atom. The molecule has 27 heavy (non-hydrogen) atoms. The molecule has 4 heteroatoms. The molecule has 4 nitrogen and oxygen atoms in total. The Bertz CT molecular complexity index is 1120. The summed E-state index contributed by atoms with van der Waals surface area (Å²) in [4.78, 5) is 9.03. The second-order valence-corrected chi connectivity index (χ2v) is 6.74. The van der Waals surface area contributed by atoms with Gasteiger partial charge in [0, 0.05) is 17.3 Å². The fraction of sp³-hybridized carbons (Fsp3) is 0.130. The quantitative estimate of drug-likeness (QED) is 0.467. The molecular weight excluding hydrogens is 336 g/mol. The molecule has 0 bridgehead atoms. The van der Waals surface area contributed by atoms with Crippen molar-refractivity contribution < 1.29 is 9.52 Å². The Hall–Kier alpha value is -3.40. The van der Waals surface area contributed by atoms with Gasteiger partial charge in [0.15, 0.2) is 5.58 Å². The number of aromatic nitrogens is 1. The van der Waals surface area contributed by atoms with E-state index in [4.69, 9.17) is 4.42 Å². The molecule has 1 aromatic heterocycles. The summed E-state index contributed by atoms with van der Waals surface area (Å²) in [6.45, 7) is 6.00. The van der Waals surface area contributed by atoms with Crippen molar-refractivity contribution in [3.8, 4) is 17.2 Å². The molecule has 134 valence electrons. The standard InChI is InChI=1S/C23H20N2O2/c1-14-5-4-6-18(22(14)26)13-24-19-9-7-17(8-10-19)23-25-20-11-15(2)16(3)12-21(20)27-23/h4-13,26H,1-3H3. The van der Waals surface area contributed by atoms with Crippen LogP contribution in [0.15, 0.2) is 64.0 Å². The molecule has 1 heterocycles. The van der Waals surface area contributed by atoms with Crippen molar-refractivity contribution in [2.24, 2.45) is 4.99 Å². The lowest BCUT2D eigenvalue weighted by atomic mass is 10.1. The number of hydrogen-bond acceptors (Lipinski definition) is 4. The number of nitrogens with zero attached hydrogens (tertiary/aromatic N) is 2. The van der Waals surface area contributed by atoms with Crippen LogP contribution >= 0.6 is 0 Å². The highest BCUT2D eigenvalue weighted by Crippen LogP contribution is 2.28. The molecule has 0 fully saturated rings. The number of oxazole rings is 1. The molecule has 0 saturated carbocycles. The van der Waals surface area contributed by atoms with E-state index in [1.165, 1.54) is 11.1 Å². The van der Waals surface area contributed by atoms with Crippen LogP contribution in [0.4, 0.5) is 5.69 Å². The van der Waals surface area contributed by atoms with Gasteiger partial charge in [0.2, 0.25) is 5.89 Å². The van der Waals surface area contributed by atoms with Crippen LogP contribution in [0.1, 0.15) is 22.3 Å². The molecule has 0 atom stereocenters. The zero-order valence-corrected chi connectivity index (χ0v) is 15.5. The van der Waals surface area contributed by atoms with Gasteiger partial charge in [-0.2, -0.15) is 0 Å². The number of rotatable bonds is 3. The third-order valence-electron chi connectivity index (χ3n) is 4.74. The monoisotopic (exact) mass is 356 g/mol. The van der Waals surface area contributed by atoms with Crippen molar-refractivity contribution in [3.05, 3.63) is 76.9 Å². The SMILES string of the molecule is Cc1cc2nc(-c3ccc(N=Cc4cccc(C)c4O)cc3)oc2cc1C. The first kappa shape index (κ1) is 17.0. The lowest BCUT2D eigenvalue weighted by molar-refractivity contribution is 0.470. The summed E-state index contributed by atoms with van der Waals surface area (Å²) in [6.07, 6.45) is 1.67. The van der Waals surface area contributed by atoms with Crippen LogP contribution in [-0.4, -0.2) is 16.3 Å². The van der Waals surface area contributed by atoms with Crippen molar-refractivity contribution in [2.75, 3.05) is 0 Å². The van der Waals surface area contributed by atoms with Crippen LogP contribution in [0, 0.1) is 20.8 Å². The Balaban J connectivity index is 1.60. The van der Waals surface area contributed by atoms with Gasteiger partial charge in [-0.3, -0.25) is 4.99 Å². The molecule has 1 N–H and O–H groups in total. The average molecular weight is 356 g/mol. The number of phenols is 1. The Labute approximate surface area is 157 Å². The first-order valence-corrected chi connectivity index (χ1v) is 8.82. The normalized spacial score (nSPS) is 11.5. The van der Waals surface area contributed by atoms with E-state index >= 15 is 0 Å². The third kappa shape index (κ3) is 3.34. The number of phenolic OH excluding ortho intramolecular Hbond substituents is 1. The molecule has 4 rings (SSSR count). The van der Waals surface area contributed by atoms with E-state index in [0.717, 1.165) is 27.9 Å². The molecule has 4 aromatic rings. The molecule has 0 aliphatic carbocycles. The summed E-state index contributed by atoms with van der Waals surface area (Å²) < 4.78 is 5.91. The van der Waals surface area contributed by atoms with Crippen molar-refractivity contribution >= 4 is 23.0 Å². The molecule has 0 amide bonds. The fourth-order valence-corrected chi connectivity index (χ4v) is 2.92. The maximum absolute atomic E-state index is 10.1. The predicted molar refractivity (Wildman–Crippen MR) is 109 cm³/mol. The largest absolute Gasteiger partial charge is 0.507 e. The van der Waals surface area contributed by atoms with E-state index in [1.54, 1.807) is 6.21 Å². The number of para-hydroxylation sites is 1. The van der Waals surface area contributed by atoms with Crippen LogP contribution in [0.3, 0.4) is 0 Å². The van der Waals surface area contributed by atoms with Crippen molar-refractivity contribution in [1.29, 1.82) is 0 Å². The van der Waals surface area contributed by atoms with E-state index in [-0.39, 0.29) is 5.75 Å². The van der Waals surface area contributed by atoms with Gasteiger partial charge in [0.25, 0.3) is 0 Å². The molecule has 0 aliphatic heterocycles. The summed E-state index contributed by atoms with van der Waals surface area (Å²) in [5.41, 5.74) is 7.27. The number of hydrogen-bond donors (Lipinski definition) is 1. The van der Waals surface area contributed by atoms with Gasteiger partial charge >= 0.3 is 0 Å². The second kappa shape index (κ2) is 6.72. The van der Waals surface area contributed by atoms with Crippen molar-refractivity contribution in [2.45, 2.75) is 20.8 Å². The Kier molecular flexibility index (Phi) is 4.24. The van der Waals surface area contributed by atoms with Gasteiger partial charge in [0.1, 0.15) is 11.3 Å². The van der Waals surface area contributed by atoms with Gasteiger partial charge in [-0.25, -0.2) is 4.98 Å². The maximum atomic E-state index is 10.1. The van der Waals surface area contributed by atoms with Gasteiger partial charge in [-0.1, -0.05) is 12.1 Å². The van der Waals surface area contributed by atoms with Crippen molar-refractivity contribution in [1.82, 2.24) is 4.98 Å². The molecule has 3 aromatic carbocycles. The van der Waals surface area contributed by atoms with Crippen LogP contribution in [0.2, 0.25) is 0 Å². The topological polar surface area (TPSA) is 58.6 Å². The average Bonchev–Trinajstić information content (AvgIpc) is 3.06. The number of fused-ring (bicyclic) bond motifs is 1. The number of aliphatic imine (C=N–C) groups is 1. The minimum atomic E-state index is 0.259. The Morgan fingerprint density at radius 1 is 0.926 bits per heavy atom. The van der Waals surface area contributed by atoms with E-state index in [9.17, 15) is 5.11 Å². The van der Waals surface area contributed by atoms with E-state index in [2.05, 4.69) is 23.8 Å². The van der Waals surface area contributed by atoms with E-state index in [0.29, 0.717) is 11.5 Å². The number of benzene rings is 3. The highest BCUT2D eigenvalue weighted by atomic mass is 16.3. The van der Waals surface area contributed by atoms with Gasteiger partial charge in [-0.15, -0.1) is 0 Å². The minimum Gasteiger partial charge on any atom is -0.507 e. The molecule has 0 radical (unpaired) electrons. The zero-order valence-electron chi connectivity index (χ0n) is 15.5. The van der Waals surface area contributed by atoms with E-state index in [1.807, 2.05) is 61.5 Å². The van der Waals surface area contributed by atoms with Crippen LogP contribution in [0.25, 0.3) is 22.6 Å². The van der Waals surface area contributed by atoms with Gasteiger partial charge in [-0.05, 0) is 79.9 Å². The lowest BCUT2D eigenvalue weighted by Crippen LogP contribution is -1.84. The molecule has 0 unspecified atom stereocenters. The molecule has 0 saturated heterocycles.